The summed E-state index contributed by atoms with van der Waals surface area (Å²) >= 11 is 0. The predicted octanol–water partition coefficient (Wildman–Crippen LogP) is 19.9. The van der Waals surface area contributed by atoms with E-state index in [9.17, 15) is 87.4 Å². The monoisotopic (exact) mass is 1900 g/mol. The zero-order valence-electron chi connectivity index (χ0n) is 78.1. The van der Waals surface area contributed by atoms with E-state index in [2.05, 4.69) is 104 Å². The van der Waals surface area contributed by atoms with Crippen molar-refractivity contribution in [2.45, 2.75) is 98.4 Å². The normalized spacial score (nSPS) is 13.9. The van der Waals surface area contributed by atoms with Crippen LogP contribution in [0, 0.1) is 116 Å². The van der Waals surface area contributed by atoms with Gasteiger partial charge >= 0.3 is 0 Å². The molecule has 4 aliphatic rings. The van der Waals surface area contributed by atoms with E-state index < -0.39 is 56.1 Å². The number of benzene rings is 11. The first kappa shape index (κ1) is 105. The number of carbonyl (C=O) groups excluding carboxylic acids is 1. The van der Waals surface area contributed by atoms with Gasteiger partial charge in [0.05, 0.1) is 76.8 Å². The predicted molar refractivity (Wildman–Crippen MR) is 517 cm³/mol. The first-order valence-electron chi connectivity index (χ1n) is 44.8. The Balaban J connectivity index is 0.000000172. The van der Waals surface area contributed by atoms with Crippen LogP contribution in [0.4, 0.5) is 73.1 Å². The van der Waals surface area contributed by atoms with Crippen molar-refractivity contribution in [2.75, 3.05) is 136 Å². The number of carbonyl (C=O) groups is 1. The molecule has 3 aliphatic heterocycles. The molecule has 0 atom stereocenters. The third-order valence-corrected chi connectivity index (χ3v) is 24.0. The van der Waals surface area contributed by atoms with Crippen LogP contribution < -0.4 is 44.1 Å². The molecule has 15 rings (SSSR count). The Hall–Kier alpha value is -14.7. The van der Waals surface area contributed by atoms with Crippen LogP contribution in [0.15, 0.2) is 218 Å². The number of hydrogen-bond donors (Lipinski definition) is 2. The molecule has 11 aromatic rings. The fourth-order valence-electron chi connectivity index (χ4n) is 16.2. The standard InChI is InChI=1S/C20H25N3O4.C19H23N3O2.C18H21N3O2.C17H20N2O4.C14H7F5N2O4.C13H17NO2/c1-26-19-8-5-17(13-20(19)27-2)15-22-11-9-21(10-12-22)14-16-3-6-18(7-4-16)23(24)25;1-15-3-4-16(2)19(13-15)21-11-9-20(10-12-21)14-17-5-7-18(8-6-17)22(23)24;1-15-4-2-3-5-18(15)20-12-10-19(11-13-20)14-16-6-8-17(9-7-16)21(22)23;1-22-16-7-8-17(23-2)14(11-16)12-18-10-9-13-3-5-15(6-4-13)19(20)21;1-25-7-4-5(21(23)24)2-3-6(7)20-14(22)8-9(15)11(17)13(19)12(18)10(8)16;15-14(16)13-9-7-12(8-10-13)6-5-11-3-1-2-4-11/h3-8,13H,9-12,14-15H2,1-2H3;3-8,13H,9-12,14H2,1-2H3;2-9H,10-14H2,1H3;3-8,11,18H,9-10,12H2,1-2H3;2-4H,1H3,(H,20,22);7-11H,1-6H2. The SMILES string of the molecule is COc1cc([N+](=O)[O-])ccc1NC(=O)c1c(F)c(F)c(F)c(F)c1F.COc1ccc(CN2CCN(Cc3ccc([N+](=O)[O-])cc3)CC2)cc1OC.COc1ccc(OC)c(CNCCc2ccc([N+](=O)[O-])cc2)c1.Cc1ccc(C)c(N2CCN(Cc3ccc([N+](=O)[O-])cc3)CC2)c1.Cc1ccccc1N1CCN(Cc2ccc([N+](=O)[O-])cc2)CC1.O=[N+]([O-])c1ccc(CCC2CCCC2)cc1. The van der Waals surface area contributed by atoms with Crippen LogP contribution in [0.1, 0.15) is 98.1 Å². The molecule has 0 radical (unpaired) electrons. The van der Waals surface area contributed by atoms with Crippen molar-refractivity contribution in [3.63, 3.8) is 0 Å². The lowest BCUT2D eigenvalue weighted by atomic mass is 9.98. The highest BCUT2D eigenvalue weighted by molar-refractivity contribution is 6.05. The molecule has 1 aliphatic carbocycles. The van der Waals surface area contributed by atoms with Crippen molar-refractivity contribution >= 4 is 57.1 Å². The van der Waals surface area contributed by atoms with Gasteiger partial charge in [0.2, 0.25) is 5.82 Å². The highest BCUT2D eigenvalue weighted by Crippen LogP contribution is 2.35. The summed E-state index contributed by atoms with van der Waals surface area (Å²) in [5.41, 5.74) is 12.8. The number of ether oxygens (including phenoxy) is 5. The highest BCUT2D eigenvalue weighted by atomic mass is 19.2. The molecule has 0 spiro atoms. The Labute approximate surface area is 796 Å². The van der Waals surface area contributed by atoms with Crippen LogP contribution >= 0.6 is 0 Å². The smallest absolute Gasteiger partial charge is 0.273 e. The molecule has 0 bridgehead atoms. The van der Waals surface area contributed by atoms with Gasteiger partial charge in [-0.15, -0.1) is 0 Å². The summed E-state index contributed by atoms with van der Waals surface area (Å²) < 4.78 is 92.5. The lowest BCUT2D eigenvalue weighted by Gasteiger charge is -2.37. The maximum absolute atomic E-state index is 13.6. The van der Waals surface area contributed by atoms with Crippen LogP contribution in [-0.4, -0.2) is 176 Å². The van der Waals surface area contributed by atoms with E-state index in [1.165, 1.54) is 83.4 Å². The lowest BCUT2D eigenvalue weighted by Crippen LogP contribution is -2.46. The molecule has 4 fully saturated rings. The summed E-state index contributed by atoms with van der Waals surface area (Å²) in [6.45, 7) is 23.3. The number of methoxy groups -OCH3 is 5. The van der Waals surface area contributed by atoms with Gasteiger partial charge in [-0.2, -0.15) is 0 Å². The van der Waals surface area contributed by atoms with E-state index >= 15 is 0 Å². The Morgan fingerprint density at radius 1 is 0.362 bits per heavy atom. The summed E-state index contributed by atoms with van der Waals surface area (Å²) in [5.74, 6) is -9.50. The van der Waals surface area contributed by atoms with Crippen molar-refractivity contribution < 1.29 is 80.0 Å². The average Bonchev–Trinajstić information content (AvgIpc) is 0.795. The van der Waals surface area contributed by atoms with E-state index in [1.54, 1.807) is 89.1 Å². The minimum absolute atomic E-state index is 0.114. The van der Waals surface area contributed by atoms with E-state index in [0.29, 0.717) is 6.54 Å². The Kier molecular flexibility index (Phi) is 40.1. The van der Waals surface area contributed by atoms with Gasteiger partial charge in [-0.3, -0.25) is 85.1 Å². The van der Waals surface area contributed by atoms with Crippen molar-refractivity contribution in [3.8, 4) is 28.7 Å². The number of para-hydroxylation sites is 1. The molecule has 1 amide bonds. The van der Waals surface area contributed by atoms with E-state index in [-0.39, 0.29) is 59.6 Å². The minimum Gasteiger partial charge on any atom is -0.497 e. The van der Waals surface area contributed by atoms with Gasteiger partial charge in [0.25, 0.3) is 40.0 Å². The summed E-state index contributed by atoms with van der Waals surface area (Å²) in [6.07, 6.45) is 8.58. The summed E-state index contributed by atoms with van der Waals surface area (Å²) in [7, 11) is 7.66. The van der Waals surface area contributed by atoms with Crippen molar-refractivity contribution in [1.29, 1.82) is 0 Å². The number of nitrogens with one attached hydrogen (secondary N) is 2. The van der Waals surface area contributed by atoms with Crippen LogP contribution in [-0.2, 0) is 45.6 Å². The van der Waals surface area contributed by atoms with E-state index in [4.69, 9.17) is 23.7 Å². The molecule has 730 valence electrons. The molecule has 11 aromatic carbocycles. The number of halogens is 5. The maximum Gasteiger partial charge on any atom is 0.273 e. The molecule has 2 N–H and O–H groups in total. The summed E-state index contributed by atoms with van der Waals surface area (Å²) in [4.78, 5) is 87.7. The number of amides is 1. The maximum atomic E-state index is 13.6. The van der Waals surface area contributed by atoms with Crippen LogP contribution in [0.3, 0.4) is 0 Å². The Morgan fingerprint density at radius 3 is 1.17 bits per heavy atom. The number of nitro benzene ring substituents is 6. The molecular weight excluding hydrogens is 1790 g/mol. The second-order valence-electron chi connectivity index (χ2n) is 33.3. The van der Waals surface area contributed by atoms with Gasteiger partial charge in [-0.25, -0.2) is 22.0 Å². The molecule has 1 saturated carbocycles. The third-order valence-electron chi connectivity index (χ3n) is 24.0. The average molecular weight is 1910 g/mol. The topological polar surface area (TPSA) is 366 Å². The fourth-order valence-corrected chi connectivity index (χ4v) is 16.2. The zero-order chi connectivity index (χ0) is 99.5. The summed E-state index contributed by atoms with van der Waals surface area (Å²) in [6, 6.07) is 63.8. The second kappa shape index (κ2) is 52.4. The van der Waals surface area contributed by atoms with E-state index in [0.717, 1.165) is 206 Å². The molecule has 3 saturated heterocycles. The largest absolute Gasteiger partial charge is 0.497 e. The quantitative estimate of drug-likeness (QED) is 0.0102. The fraction of sp³-hybridized carbons (Fsp3) is 0.337. The van der Waals surface area contributed by atoms with Gasteiger partial charge in [0.1, 0.15) is 22.8 Å². The number of piperazine rings is 3. The van der Waals surface area contributed by atoms with Crippen molar-refractivity contribution in [2.24, 2.45) is 5.92 Å². The van der Waals surface area contributed by atoms with Gasteiger partial charge < -0.3 is 44.1 Å². The van der Waals surface area contributed by atoms with Crippen molar-refractivity contribution in [1.82, 2.24) is 24.9 Å². The summed E-state index contributed by atoms with van der Waals surface area (Å²) in [5, 5.41) is 69.1. The first-order chi connectivity index (χ1) is 66.3. The Morgan fingerprint density at radius 2 is 0.739 bits per heavy atom. The van der Waals surface area contributed by atoms with Crippen LogP contribution in [0.5, 0.6) is 28.7 Å². The molecule has 32 nitrogen and oxygen atoms in total. The number of non-ortho nitro benzene ring substituents is 6. The van der Waals surface area contributed by atoms with Gasteiger partial charge in [0, 0.05) is 195 Å². The first-order valence-corrected chi connectivity index (χ1v) is 44.8. The van der Waals surface area contributed by atoms with E-state index in [1.807, 2.05) is 84.2 Å². The minimum atomic E-state index is -2.40. The van der Waals surface area contributed by atoms with Crippen LogP contribution in [0.2, 0.25) is 0 Å². The molecule has 0 aromatic heterocycles. The number of hydrogen-bond acceptors (Lipinski definition) is 25. The second-order valence-corrected chi connectivity index (χ2v) is 33.3. The Bertz CT molecular complexity index is 5880. The van der Waals surface area contributed by atoms with Crippen molar-refractivity contribution in [3.05, 3.63) is 369 Å². The molecule has 37 heteroatoms. The number of anilines is 3. The number of rotatable bonds is 31. The highest BCUT2D eigenvalue weighted by Gasteiger charge is 2.32. The lowest BCUT2D eigenvalue weighted by molar-refractivity contribution is -0.385. The van der Waals surface area contributed by atoms with Gasteiger partial charge in [-0.05, 0) is 151 Å². The number of nitrogens with zero attached hydrogens (tertiary/aromatic N) is 12. The molecule has 3 heterocycles. The zero-order valence-corrected chi connectivity index (χ0v) is 78.1. The van der Waals surface area contributed by atoms with Crippen LogP contribution in [0.25, 0.3) is 0 Å². The van der Waals surface area contributed by atoms with Gasteiger partial charge in [0.15, 0.2) is 34.8 Å². The number of nitro groups is 6. The molecule has 138 heavy (non-hydrogen) atoms. The third kappa shape index (κ3) is 31.2. The number of aryl methyl sites for hydroxylation is 4. The molecular formula is C101H113F5N14O18. The molecule has 0 unspecified atom stereocenters. The van der Waals surface area contributed by atoms with Gasteiger partial charge in [-0.1, -0.05) is 123 Å².